The third-order valence-corrected chi connectivity index (χ3v) is 5.61. The van der Waals surface area contributed by atoms with Crippen molar-refractivity contribution < 1.29 is 4.74 Å². The average molecular weight is 346 g/mol. The molecule has 1 aliphatic rings. The van der Waals surface area contributed by atoms with E-state index in [0.29, 0.717) is 6.04 Å². The molecule has 0 spiro atoms. The first-order valence-electron chi connectivity index (χ1n) is 10.7. The molecule has 0 aromatic heterocycles. The summed E-state index contributed by atoms with van der Waals surface area (Å²) in [5, 5.41) is 3.79. The van der Waals surface area contributed by atoms with Gasteiger partial charge in [0.15, 0.2) is 0 Å². The lowest BCUT2D eigenvalue weighted by Gasteiger charge is -2.26. The molecule has 0 radical (unpaired) electrons. The van der Waals surface area contributed by atoms with Gasteiger partial charge in [0.25, 0.3) is 0 Å². The number of fused-ring (bicyclic) bond motifs is 1. The summed E-state index contributed by atoms with van der Waals surface area (Å²) in [5.74, 6) is 0.996. The van der Waals surface area contributed by atoms with E-state index < -0.39 is 0 Å². The molecule has 1 atom stereocenters. The lowest BCUT2D eigenvalue weighted by atomic mass is 9.88. The van der Waals surface area contributed by atoms with Gasteiger partial charge in [-0.25, -0.2) is 0 Å². The molecular weight excluding hydrogens is 306 g/mol. The molecule has 0 amide bonds. The minimum Gasteiger partial charge on any atom is -0.497 e. The first kappa shape index (κ1) is 20.3. The van der Waals surface area contributed by atoms with Gasteiger partial charge < -0.3 is 10.1 Å². The maximum absolute atomic E-state index is 5.34. The standard InChI is InChI=1S/C23H39NO/c1-3-4-5-6-7-8-9-10-11-12-17-24-22-15-13-21-19-23(25-2)16-14-20(21)18-22/h14,16,19,22,24H,3-13,15,17-18H2,1-2H3. The Hall–Kier alpha value is -1.02. The van der Waals surface area contributed by atoms with E-state index >= 15 is 0 Å². The molecule has 2 rings (SSSR count). The molecule has 0 saturated carbocycles. The molecule has 1 aromatic rings. The van der Waals surface area contributed by atoms with Crippen molar-refractivity contribution in [1.82, 2.24) is 5.32 Å². The van der Waals surface area contributed by atoms with Gasteiger partial charge in [0.1, 0.15) is 5.75 Å². The predicted octanol–water partition coefficient (Wildman–Crippen LogP) is 6.06. The second-order valence-corrected chi connectivity index (χ2v) is 7.71. The lowest BCUT2D eigenvalue weighted by Crippen LogP contribution is -2.35. The zero-order valence-corrected chi connectivity index (χ0v) is 16.6. The molecule has 0 bridgehead atoms. The van der Waals surface area contributed by atoms with Gasteiger partial charge >= 0.3 is 0 Å². The largest absolute Gasteiger partial charge is 0.497 e. The molecule has 2 heteroatoms. The van der Waals surface area contributed by atoms with Gasteiger partial charge in [0.05, 0.1) is 7.11 Å². The number of rotatable bonds is 13. The fraction of sp³-hybridized carbons (Fsp3) is 0.739. The summed E-state index contributed by atoms with van der Waals surface area (Å²) < 4.78 is 5.34. The summed E-state index contributed by atoms with van der Waals surface area (Å²) in [4.78, 5) is 0. The molecular formula is C23H39NO. The molecule has 1 aromatic carbocycles. The monoisotopic (exact) mass is 345 g/mol. The van der Waals surface area contributed by atoms with Crippen molar-refractivity contribution >= 4 is 0 Å². The van der Waals surface area contributed by atoms with Crippen LogP contribution in [0.5, 0.6) is 5.75 Å². The van der Waals surface area contributed by atoms with Crippen LogP contribution in [0.25, 0.3) is 0 Å². The van der Waals surface area contributed by atoms with Gasteiger partial charge in [-0.2, -0.15) is 0 Å². The van der Waals surface area contributed by atoms with Crippen LogP contribution in [0.4, 0.5) is 0 Å². The molecule has 0 saturated heterocycles. The van der Waals surface area contributed by atoms with Crippen molar-refractivity contribution in [2.45, 2.75) is 96.4 Å². The van der Waals surface area contributed by atoms with Crippen LogP contribution in [-0.4, -0.2) is 19.7 Å². The highest BCUT2D eigenvalue weighted by atomic mass is 16.5. The van der Waals surface area contributed by atoms with Crippen molar-refractivity contribution in [3.63, 3.8) is 0 Å². The maximum atomic E-state index is 5.34. The summed E-state index contributed by atoms with van der Waals surface area (Å²) >= 11 is 0. The number of aryl methyl sites for hydroxylation is 1. The Labute approximate surface area is 155 Å². The van der Waals surface area contributed by atoms with Crippen molar-refractivity contribution in [3.8, 4) is 5.75 Å². The number of benzene rings is 1. The van der Waals surface area contributed by atoms with Crippen molar-refractivity contribution in [2.24, 2.45) is 0 Å². The minimum atomic E-state index is 0.666. The first-order valence-corrected chi connectivity index (χ1v) is 10.7. The number of hydrogen-bond donors (Lipinski definition) is 1. The molecule has 1 aliphatic carbocycles. The van der Waals surface area contributed by atoms with E-state index in [4.69, 9.17) is 4.74 Å². The Morgan fingerprint density at radius 1 is 0.920 bits per heavy atom. The summed E-state index contributed by atoms with van der Waals surface area (Å²) in [6.07, 6.45) is 17.8. The second-order valence-electron chi connectivity index (χ2n) is 7.71. The quantitative estimate of drug-likeness (QED) is 0.439. The number of hydrogen-bond acceptors (Lipinski definition) is 2. The van der Waals surface area contributed by atoms with Crippen LogP contribution in [0.2, 0.25) is 0 Å². The normalized spacial score (nSPS) is 16.6. The number of nitrogens with one attached hydrogen (secondary N) is 1. The highest BCUT2D eigenvalue weighted by Gasteiger charge is 2.18. The van der Waals surface area contributed by atoms with Crippen LogP contribution in [-0.2, 0) is 12.8 Å². The van der Waals surface area contributed by atoms with E-state index in [1.165, 1.54) is 101 Å². The molecule has 0 fully saturated rings. The van der Waals surface area contributed by atoms with Crippen LogP contribution in [0.15, 0.2) is 18.2 Å². The molecule has 0 aliphatic heterocycles. The Morgan fingerprint density at radius 3 is 2.28 bits per heavy atom. The van der Waals surface area contributed by atoms with Crippen LogP contribution in [0.3, 0.4) is 0 Å². The summed E-state index contributed by atoms with van der Waals surface area (Å²) in [7, 11) is 1.75. The zero-order valence-electron chi connectivity index (χ0n) is 16.6. The van der Waals surface area contributed by atoms with E-state index in [9.17, 15) is 0 Å². The van der Waals surface area contributed by atoms with Crippen LogP contribution in [0.1, 0.15) is 88.7 Å². The van der Waals surface area contributed by atoms with Crippen molar-refractivity contribution in [1.29, 1.82) is 0 Å². The van der Waals surface area contributed by atoms with Crippen LogP contribution < -0.4 is 10.1 Å². The number of unbranched alkanes of at least 4 members (excludes halogenated alkanes) is 9. The molecule has 1 N–H and O–H groups in total. The Kier molecular flexibility index (Phi) is 10.0. The smallest absolute Gasteiger partial charge is 0.119 e. The third kappa shape index (κ3) is 7.81. The highest BCUT2D eigenvalue weighted by Crippen LogP contribution is 2.25. The predicted molar refractivity (Wildman–Crippen MR) is 109 cm³/mol. The molecule has 1 unspecified atom stereocenters. The molecule has 0 heterocycles. The SMILES string of the molecule is CCCCCCCCCCCCNC1CCc2cc(OC)ccc2C1. The Balaban J connectivity index is 1.48. The van der Waals surface area contributed by atoms with E-state index in [0.717, 1.165) is 5.75 Å². The summed E-state index contributed by atoms with van der Waals surface area (Å²) in [6.45, 7) is 3.48. The summed E-state index contributed by atoms with van der Waals surface area (Å²) in [6, 6.07) is 7.24. The fourth-order valence-electron chi connectivity index (χ4n) is 3.95. The minimum absolute atomic E-state index is 0.666. The van der Waals surface area contributed by atoms with E-state index in [1.54, 1.807) is 7.11 Å². The highest BCUT2D eigenvalue weighted by molar-refractivity contribution is 5.37. The van der Waals surface area contributed by atoms with Crippen molar-refractivity contribution in [3.05, 3.63) is 29.3 Å². The van der Waals surface area contributed by atoms with Crippen LogP contribution >= 0.6 is 0 Å². The van der Waals surface area contributed by atoms with Gasteiger partial charge in [-0.3, -0.25) is 0 Å². The topological polar surface area (TPSA) is 21.3 Å². The van der Waals surface area contributed by atoms with Crippen LogP contribution in [0, 0.1) is 0 Å². The first-order chi connectivity index (χ1) is 12.3. The van der Waals surface area contributed by atoms with Gasteiger partial charge in [-0.05, 0) is 55.5 Å². The van der Waals surface area contributed by atoms with Gasteiger partial charge in [0.2, 0.25) is 0 Å². The van der Waals surface area contributed by atoms with E-state index in [-0.39, 0.29) is 0 Å². The molecule has 25 heavy (non-hydrogen) atoms. The van der Waals surface area contributed by atoms with Crippen molar-refractivity contribution in [2.75, 3.05) is 13.7 Å². The van der Waals surface area contributed by atoms with Gasteiger partial charge in [0, 0.05) is 6.04 Å². The Morgan fingerprint density at radius 2 is 1.60 bits per heavy atom. The fourth-order valence-corrected chi connectivity index (χ4v) is 3.95. The number of methoxy groups -OCH3 is 1. The molecule has 2 nitrogen and oxygen atoms in total. The molecule has 142 valence electrons. The average Bonchev–Trinajstić information content (AvgIpc) is 2.65. The Bertz CT molecular complexity index is 471. The summed E-state index contributed by atoms with van der Waals surface area (Å²) in [5.41, 5.74) is 2.99. The maximum Gasteiger partial charge on any atom is 0.119 e. The van der Waals surface area contributed by atoms with Gasteiger partial charge in [-0.15, -0.1) is 0 Å². The van der Waals surface area contributed by atoms with E-state index in [1.807, 2.05) is 0 Å². The second kappa shape index (κ2) is 12.4. The zero-order chi connectivity index (χ0) is 17.7. The lowest BCUT2D eigenvalue weighted by molar-refractivity contribution is 0.410. The van der Waals surface area contributed by atoms with E-state index in [2.05, 4.69) is 30.4 Å². The third-order valence-electron chi connectivity index (χ3n) is 5.61. The van der Waals surface area contributed by atoms with Gasteiger partial charge in [-0.1, -0.05) is 70.8 Å². The number of ether oxygens (including phenoxy) is 1.